The van der Waals surface area contributed by atoms with Crippen LogP contribution >= 0.6 is 23.9 Å². The lowest BCUT2D eigenvalue weighted by atomic mass is 10.1. The minimum absolute atomic E-state index is 0. The van der Waals surface area contributed by atoms with Crippen LogP contribution in [0.3, 0.4) is 0 Å². The largest absolute Gasteiger partial charge is 1.00 e. The maximum atomic E-state index is 12.4. The van der Waals surface area contributed by atoms with Crippen LogP contribution in [0.15, 0.2) is 83.3 Å². The molecule has 1 aliphatic heterocycles. The molecule has 0 amide bonds. The van der Waals surface area contributed by atoms with Crippen molar-refractivity contribution in [1.29, 1.82) is 0 Å². The summed E-state index contributed by atoms with van der Waals surface area (Å²) >= 11 is 3.61. The monoisotopic (exact) mass is 476 g/mol. The number of halogens is 2. The van der Waals surface area contributed by atoms with E-state index in [0.29, 0.717) is 5.56 Å². The predicted molar refractivity (Wildman–Crippen MR) is 103 cm³/mol. The highest BCUT2D eigenvalue weighted by Crippen LogP contribution is 2.55. The van der Waals surface area contributed by atoms with Gasteiger partial charge in [0.1, 0.15) is 18.5 Å². The first-order valence-electron chi connectivity index (χ1n) is 7.73. The number of hydrogen-bond acceptors (Lipinski definition) is 2. The van der Waals surface area contributed by atoms with Crippen LogP contribution in [0.25, 0.3) is 0 Å². The van der Waals surface area contributed by atoms with Gasteiger partial charge in [-0.05, 0) is 36.4 Å². The molecule has 2 nitrogen and oxygen atoms in total. The van der Waals surface area contributed by atoms with Gasteiger partial charge in [0.2, 0.25) is 5.85 Å². The van der Waals surface area contributed by atoms with E-state index in [4.69, 9.17) is 4.74 Å². The van der Waals surface area contributed by atoms with Gasteiger partial charge in [-0.15, -0.1) is 0 Å². The first-order chi connectivity index (χ1) is 11.8. The van der Waals surface area contributed by atoms with Gasteiger partial charge in [0, 0.05) is 4.47 Å². The van der Waals surface area contributed by atoms with E-state index in [-0.39, 0.29) is 28.8 Å². The third-order valence-corrected chi connectivity index (χ3v) is 7.72. The first kappa shape index (κ1) is 18.3. The molecule has 1 unspecified atom stereocenters. The summed E-state index contributed by atoms with van der Waals surface area (Å²) in [6.07, 6.45) is 0. The lowest BCUT2D eigenvalue weighted by molar-refractivity contribution is -0.0000221. The van der Waals surface area contributed by atoms with Crippen molar-refractivity contribution in [2.45, 2.75) is 5.85 Å². The Bertz CT molecular complexity index is 845. The lowest BCUT2D eigenvalue weighted by Gasteiger charge is -2.17. The van der Waals surface area contributed by atoms with Crippen molar-refractivity contribution in [2.75, 3.05) is 0 Å². The zero-order chi connectivity index (χ0) is 16.5. The van der Waals surface area contributed by atoms with E-state index < -0.39 is 7.92 Å². The van der Waals surface area contributed by atoms with Crippen molar-refractivity contribution in [3.8, 4) is 0 Å². The number of carbonyl (C=O) groups is 1. The van der Waals surface area contributed by atoms with Gasteiger partial charge in [0.25, 0.3) is 0 Å². The van der Waals surface area contributed by atoms with E-state index in [1.165, 1.54) is 10.6 Å². The summed E-state index contributed by atoms with van der Waals surface area (Å²) < 4.78 is 6.80. The normalized spacial score (nSPS) is 15.4. The molecule has 0 bridgehead atoms. The van der Waals surface area contributed by atoms with Crippen LogP contribution in [-0.2, 0) is 4.74 Å². The standard InChI is InChI=1S/C20H14BrO2P.BrH/c21-17-13-7-12-16-18(17)20(23-19(16)22)24(14-8-3-1-4-9-14)15-10-5-2-6-11-15;/h1-13,20H;1H. The maximum Gasteiger partial charge on any atom is 0.342 e. The number of fused-ring (bicyclic) bond motifs is 1. The number of esters is 1. The Balaban J connectivity index is 0.00000182. The van der Waals surface area contributed by atoms with Crippen molar-refractivity contribution < 1.29 is 26.5 Å². The van der Waals surface area contributed by atoms with Crippen LogP contribution in [0.4, 0.5) is 0 Å². The van der Waals surface area contributed by atoms with Gasteiger partial charge in [0.15, 0.2) is 0 Å². The Labute approximate surface area is 166 Å². The molecule has 0 spiro atoms. The molecule has 1 heterocycles. The Hall–Kier alpha value is -1.48. The summed E-state index contributed by atoms with van der Waals surface area (Å²) in [7, 11) is -1.32. The molecule has 25 heavy (non-hydrogen) atoms. The molecule has 3 aromatic rings. The van der Waals surface area contributed by atoms with E-state index in [1.807, 2.05) is 54.6 Å². The van der Waals surface area contributed by atoms with Gasteiger partial charge in [-0.25, -0.2) is 4.79 Å². The molecule has 0 saturated carbocycles. The van der Waals surface area contributed by atoms with Gasteiger partial charge < -0.3 is 21.7 Å². The molecule has 0 aromatic heterocycles. The summed E-state index contributed by atoms with van der Waals surface area (Å²) in [5, 5.41) is 2.46. The van der Waals surface area contributed by atoms with Gasteiger partial charge in [-0.3, -0.25) is 0 Å². The highest BCUT2D eigenvalue weighted by Gasteiger charge is 2.45. The second kappa shape index (κ2) is 7.82. The van der Waals surface area contributed by atoms with Crippen molar-refractivity contribution in [2.24, 2.45) is 0 Å². The number of hydrogen-bond donors (Lipinski definition) is 0. The van der Waals surface area contributed by atoms with Crippen LogP contribution in [0.2, 0.25) is 0 Å². The zero-order valence-corrected chi connectivity index (χ0v) is 17.3. The fourth-order valence-electron chi connectivity index (χ4n) is 3.12. The average molecular weight is 478 g/mol. The molecular formula is C20H15Br2O2P. The number of rotatable bonds is 3. The molecule has 1 atom stereocenters. The molecule has 3 aromatic carbocycles. The smallest absolute Gasteiger partial charge is 0.342 e. The van der Waals surface area contributed by atoms with Crippen molar-refractivity contribution >= 4 is 40.4 Å². The topological polar surface area (TPSA) is 26.3 Å². The molecule has 0 aliphatic carbocycles. The summed E-state index contributed by atoms with van der Waals surface area (Å²) in [6, 6.07) is 26.4. The molecule has 0 saturated heterocycles. The maximum absolute atomic E-state index is 12.4. The van der Waals surface area contributed by atoms with Crippen LogP contribution in [0, 0.1) is 0 Å². The number of carbonyl (C=O) groups excluding carboxylic acids is 1. The molecular weight excluding hydrogens is 463 g/mol. The quantitative estimate of drug-likeness (QED) is 0.422. The predicted octanol–water partition coefficient (Wildman–Crippen LogP) is 1.49. The molecule has 0 N–H and O–H groups in total. The van der Waals surface area contributed by atoms with E-state index in [0.717, 1.165) is 10.0 Å². The fraction of sp³-hybridized carbons (Fsp3) is 0.0500. The molecule has 1 aliphatic rings. The minimum atomic E-state index is -1.32. The third-order valence-electron chi connectivity index (χ3n) is 4.19. The Kier molecular flexibility index (Phi) is 5.73. The summed E-state index contributed by atoms with van der Waals surface area (Å²) in [5.74, 6) is -0.469. The first-order valence-corrected chi connectivity index (χ1v) is 10.1. The van der Waals surface area contributed by atoms with E-state index in [2.05, 4.69) is 40.2 Å². The van der Waals surface area contributed by atoms with Crippen molar-refractivity contribution in [3.05, 3.63) is 94.5 Å². The molecule has 5 heteroatoms. The van der Waals surface area contributed by atoms with Gasteiger partial charge in [-0.2, -0.15) is 0 Å². The lowest BCUT2D eigenvalue weighted by Crippen LogP contribution is -3.00. The van der Waals surface area contributed by atoms with Crippen LogP contribution < -0.4 is 27.6 Å². The summed E-state index contributed by atoms with van der Waals surface area (Å²) in [4.78, 5) is 12.4. The van der Waals surface area contributed by atoms with Crippen LogP contribution in [0.1, 0.15) is 21.8 Å². The Morgan fingerprint density at radius 2 is 1.36 bits per heavy atom. The number of cyclic esters (lactones) is 1. The van der Waals surface area contributed by atoms with E-state index >= 15 is 0 Å². The SMILES string of the molecule is O=C1OC([PH+](c2ccccc2)c2ccccc2)c2c(Br)cccc21.[Br-]. The van der Waals surface area contributed by atoms with E-state index in [1.54, 1.807) is 0 Å². The average Bonchev–Trinajstić information content (AvgIpc) is 2.95. The molecule has 126 valence electrons. The van der Waals surface area contributed by atoms with Gasteiger partial charge >= 0.3 is 5.97 Å². The van der Waals surface area contributed by atoms with Gasteiger partial charge in [0.05, 0.1) is 11.1 Å². The zero-order valence-electron chi connectivity index (χ0n) is 13.2. The van der Waals surface area contributed by atoms with Crippen LogP contribution in [0.5, 0.6) is 0 Å². The van der Waals surface area contributed by atoms with Crippen molar-refractivity contribution in [3.63, 3.8) is 0 Å². The van der Waals surface area contributed by atoms with Gasteiger partial charge in [-0.1, -0.05) is 58.4 Å². The highest BCUT2D eigenvalue weighted by molar-refractivity contribution is 9.10. The fourth-order valence-corrected chi connectivity index (χ4v) is 6.77. The third kappa shape index (κ3) is 3.44. The molecule has 4 rings (SSSR count). The van der Waals surface area contributed by atoms with Crippen molar-refractivity contribution in [1.82, 2.24) is 0 Å². The second-order valence-electron chi connectivity index (χ2n) is 5.63. The Morgan fingerprint density at radius 3 is 1.92 bits per heavy atom. The van der Waals surface area contributed by atoms with E-state index in [9.17, 15) is 4.79 Å². The number of ether oxygens (including phenoxy) is 1. The minimum Gasteiger partial charge on any atom is -1.00 e. The summed E-state index contributed by atoms with van der Waals surface area (Å²) in [6.45, 7) is 0. The molecule has 0 radical (unpaired) electrons. The highest BCUT2D eigenvalue weighted by atomic mass is 79.9. The summed E-state index contributed by atoms with van der Waals surface area (Å²) in [5.41, 5.74) is 1.65. The second-order valence-corrected chi connectivity index (χ2v) is 8.99. The van der Waals surface area contributed by atoms with Crippen LogP contribution in [-0.4, -0.2) is 5.97 Å². The molecule has 0 fully saturated rings. The Morgan fingerprint density at radius 1 is 0.800 bits per heavy atom. The number of benzene rings is 3.